The van der Waals surface area contributed by atoms with Gasteiger partial charge in [-0.25, -0.2) is 4.98 Å². The number of carbonyl (C=O) groups is 1. The summed E-state index contributed by atoms with van der Waals surface area (Å²) in [7, 11) is 0. The quantitative estimate of drug-likeness (QED) is 0.903. The van der Waals surface area contributed by atoms with E-state index in [1.807, 2.05) is 6.07 Å². The Morgan fingerprint density at radius 1 is 1.50 bits per heavy atom. The van der Waals surface area contributed by atoms with Gasteiger partial charge in [-0.3, -0.25) is 4.79 Å². The number of hydrogen-bond donors (Lipinski definition) is 1. The second-order valence-electron chi connectivity index (χ2n) is 3.73. The van der Waals surface area contributed by atoms with Gasteiger partial charge in [-0.2, -0.15) is 0 Å². The minimum atomic E-state index is -0.112. The zero-order valence-corrected chi connectivity index (χ0v) is 11.3. The fourth-order valence-corrected chi connectivity index (χ4v) is 1.89. The normalized spacial score (nSPS) is 10.5. The number of nitrogens with zero attached hydrogens (tertiary/aromatic N) is 1. The van der Waals surface area contributed by atoms with Crippen LogP contribution in [0.2, 0.25) is 0 Å². The van der Waals surface area contributed by atoms with Crippen LogP contribution in [0.1, 0.15) is 37.2 Å². The smallest absolute Gasteiger partial charge is 0.271 e. The van der Waals surface area contributed by atoms with Gasteiger partial charge >= 0.3 is 0 Å². The van der Waals surface area contributed by atoms with Gasteiger partial charge in [0.1, 0.15) is 5.69 Å². The van der Waals surface area contributed by atoms with Crippen LogP contribution in [0.4, 0.5) is 0 Å². The molecule has 0 aliphatic carbocycles. The molecule has 0 saturated carbocycles. The Morgan fingerprint density at radius 3 is 2.75 bits per heavy atom. The molecule has 0 atom stereocenters. The monoisotopic (exact) mass is 284 g/mol. The molecule has 0 saturated heterocycles. The fraction of sp³-hybridized carbons (Fsp3) is 0.500. The molecular weight excluding hydrogens is 268 g/mol. The molecule has 0 aliphatic rings. The lowest BCUT2D eigenvalue weighted by Gasteiger charge is -2.13. The Bertz CT molecular complexity index is 351. The number of halogens is 1. The second kappa shape index (κ2) is 6.63. The maximum absolute atomic E-state index is 11.8. The van der Waals surface area contributed by atoms with E-state index >= 15 is 0 Å². The van der Waals surface area contributed by atoms with Crippen molar-refractivity contribution in [1.29, 1.82) is 0 Å². The van der Waals surface area contributed by atoms with Crippen LogP contribution in [0.5, 0.6) is 0 Å². The number of nitrogens with one attached hydrogen (secondary N) is 1. The van der Waals surface area contributed by atoms with E-state index in [9.17, 15) is 4.79 Å². The highest BCUT2D eigenvalue weighted by Crippen LogP contribution is 2.13. The average molecular weight is 285 g/mol. The van der Waals surface area contributed by atoms with Gasteiger partial charge in [0.25, 0.3) is 5.91 Å². The van der Waals surface area contributed by atoms with E-state index in [1.165, 1.54) is 0 Å². The van der Waals surface area contributed by atoms with E-state index in [1.54, 1.807) is 12.3 Å². The van der Waals surface area contributed by atoms with Gasteiger partial charge in [0.2, 0.25) is 0 Å². The predicted octanol–water partition coefficient (Wildman–Crippen LogP) is 3.01. The minimum Gasteiger partial charge on any atom is -0.350 e. The van der Waals surface area contributed by atoms with Crippen molar-refractivity contribution in [2.75, 3.05) is 6.54 Å². The number of aromatic nitrogens is 1. The molecule has 0 aromatic carbocycles. The highest BCUT2D eigenvalue weighted by Gasteiger charge is 2.12. The van der Waals surface area contributed by atoms with Crippen molar-refractivity contribution in [2.24, 2.45) is 5.92 Å². The van der Waals surface area contributed by atoms with Crippen molar-refractivity contribution < 1.29 is 4.79 Å². The lowest BCUT2D eigenvalue weighted by Crippen LogP contribution is -2.29. The van der Waals surface area contributed by atoms with Crippen molar-refractivity contribution >= 4 is 21.8 Å². The van der Waals surface area contributed by atoms with Crippen molar-refractivity contribution in [3.8, 4) is 0 Å². The molecule has 4 heteroatoms. The molecule has 1 N–H and O–H groups in total. The average Bonchev–Trinajstić information content (AvgIpc) is 2.30. The first-order valence-electron chi connectivity index (χ1n) is 5.57. The summed E-state index contributed by atoms with van der Waals surface area (Å²) in [5.74, 6) is 0.436. The molecule has 16 heavy (non-hydrogen) atoms. The van der Waals surface area contributed by atoms with Gasteiger partial charge < -0.3 is 5.32 Å². The largest absolute Gasteiger partial charge is 0.350 e. The maximum Gasteiger partial charge on any atom is 0.271 e. The summed E-state index contributed by atoms with van der Waals surface area (Å²) >= 11 is 3.31. The van der Waals surface area contributed by atoms with E-state index in [0.29, 0.717) is 11.6 Å². The molecule has 1 aromatic heterocycles. The van der Waals surface area contributed by atoms with Crippen LogP contribution in [0.15, 0.2) is 22.8 Å². The van der Waals surface area contributed by atoms with Crippen LogP contribution in [0.3, 0.4) is 0 Å². The Balaban J connectivity index is 2.56. The third-order valence-electron chi connectivity index (χ3n) is 2.68. The second-order valence-corrected chi connectivity index (χ2v) is 4.58. The highest BCUT2D eigenvalue weighted by molar-refractivity contribution is 9.10. The molecule has 1 amide bonds. The van der Waals surface area contributed by atoms with E-state index < -0.39 is 0 Å². The Morgan fingerprint density at radius 2 is 2.19 bits per heavy atom. The van der Waals surface area contributed by atoms with E-state index in [0.717, 1.165) is 23.9 Å². The van der Waals surface area contributed by atoms with E-state index in [4.69, 9.17) is 0 Å². The fourth-order valence-electron chi connectivity index (χ4n) is 1.45. The summed E-state index contributed by atoms with van der Waals surface area (Å²) < 4.78 is 0.733. The molecule has 0 spiro atoms. The summed E-state index contributed by atoms with van der Waals surface area (Å²) in [6.45, 7) is 4.99. The first-order valence-corrected chi connectivity index (χ1v) is 6.37. The van der Waals surface area contributed by atoms with Crippen LogP contribution < -0.4 is 5.32 Å². The number of carbonyl (C=O) groups excluding carboxylic acids is 1. The zero-order valence-electron chi connectivity index (χ0n) is 9.66. The van der Waals surface area contributed by atoms with Gasteiger partial charge in [0, 0.05) is 17.2 Å². The number of amides is 1. The lowest BCUT2D eigenvalue weighted by atomic mass is 10.0. The molecule has 0 fully saturated rings. The summed E-state index contributed by atoms with van der Waals surface area (Å²) in [6, 6.07) is 3.61. The zero-order chi connectivity index (χ0) is 12.0. The van der Waals surface area contributed by atoms with Crippen LogP contribution in [0, 0.1) is 5.92 Å². The topological polar surface area (TPSA) is 42.0 Å². The Kier molecular flexibility index (Phi) is 5.46. The lowest BCUT2D eigenvalue weighted by molar-refractivity contribution is 0.0940. The molecule has 88 valence electrons. The Labute approximate surface area is 105 Å². The number of rotatable bonds is 5. The van der Waals surface area contributed by atoms with Gasteiger partial charge in [-0.1, -0.05) is 26.7 Å². The van der Waals surface area contributed by atoms with Crippen molar-refractivity contribution in [1.82, 2.24) is 10.3 Å². The van der Waals surface area contributed by atoms with E-state index in [2.05, 4.69) is 40.1 Å². The van der Waals surface area contributed by atoms with Crippen LogP contribution in [-0.4, -0.2) is 17.4 Å². The van der Waals surface area contributed by atoms with Gasteiger partial charge in [0.05, 0.1) is 0 Å². The highest BCUT2D eigenvalue weighted by atomic mass is 79.9. The molecule has 0 unspecified atom stereocenters. The molecule has 0 radical (unpaired) electrons. The number of pyridine rings is 1. The molecule has 1 rings (SSSR count). The molecule has 3 nitrogen and oxygen atoms in total. The predicted molar refractivity (Wildman–Crippen MR) is 68.3 cm³/mol. The summed E-state index contributed by atoms with van der Waals surface area (Å²) in [5.41, 5.74) is 0.452. The maximum atomic E-state index is 11.8. The Hall–Kier alpha value is -0.900. The summed E-state index contributed by atoms with van der Waals surface area (Å²) in [5, 5.41) is 2.91. The molecule has 0 aliphatic heterocycles. The first kappa shape index (κ1) is 13.2. The van der Waals surface area contributed by atoms with Crippen LogP contribution in [-0.2, 0) is 0 Å². The van der Waals surface area contributed by atoms with Gasteiger partial charge in [-0.05, 0) is 34.0 Å². The van der Waals surface area contributed by atoms with Crippen molar-refractivity contribution in [2.45, 2.75) is 26.7 Å². The van der Waals surface area contributed by atoms with Crippen LogP contribution in [0.25, 0.3) is 0 Å². The van der Waals surface area contributed by atoms with Gasteiger partial charge in [-0.15, -0.1) is 0 Å². The molecule has 1 heterocycles. The van der Waals surface area contributed by atoms with Crippen LogP contribution >= 0.6 is 15.9 Å². The summed E-state index contributed by atoms with van der Waals surface area (Å²) in [6.07, 6.45) is 3.79. The van der Waals surface area contributed by atoms with Gasteiger partial charge in [0.15, 0.2) is 0 Å². The van der Waals surface area contributed by atoms with E-state index in [-0.39, 0.29) is 5.91 Å². The molecular formula is C12H17BrN2O. The summed E-state index contributed by atoms with van der Waals surface area (Å²) in [4.78, 5) is 15.8. The first-order chi connectivity index (χ1) is 7.69. The SMILES string of the molecule is CCC(CC)CNC(=O)c1ncccc1Br. The van der Waals surface area contributed by atoms with Crippen molar-refractivity contribution in [3.63, 3.8) is 0 Å². The third kappa shape index (κ3) is 3.59. The standard InChI is InChI=1S/C12H17BrN2O/c1-3-9(4-2)8-15-12(16)11-10(13)6-5-7-14-11/h5-7,9H,3-4,8H2,1-2H3,(H,15,16). The van der Waals surface area contributed by atoms with Crippen molar-refractivity contribution in [3.05, 3.63) is 28.5 Å². The third-order valence-corrected chi connectivity index (χ3v) is 3.32. The molecule has 0 bridgehead atoms. The number of hydrogen-bond acceptors (Lipinski definition) is 2. The molecule has 1 aromatic rings. The minimum absolute atomic E-state index is 0.112.